The Morgan fingerprint density at radius 3 is 2.79 bits per heavy atom. The van der Waals surface area contributed by atoms with E-state index in [1.807, 2.05) is 0 Å². The molecule has 0 aliphatic rings. The fraction of sp³-hybridized carbons (Fsp3) is 0. The fourth-order valence-corrected chi connectivity index (χ4v) is 1.97. The number of nitro benzene ring substituents is 1. The van der Waals surface area contributed by atoms with Gasteiger partial charge in [-0.15, -0.1) is 10.2 Å². The van der Waals surface area contributed by atoms with E-state index in [9.17, 15) is 20.0 Å². The summed E-state index contributed by atoms with van der Waals surface area (Å²) in [6.45, 7) is 0. The van der Waals surface area contributed by atoms with Crippen LogP contribution in [0.3, 0.4) is 0 Å². The van der Waals surface area contributed by atoms with Crippen molar-refractivity contribution in [2.75, 3.05) is 5.32 Å². The van der Waals surface area contributed by atoms with Crippen molar-refractivity contribution in [3.63, 3.8) is 0 Å². The highest BCUT2D eigenvalue weighted by Crippen LogP contribution is 2.29. The first-order valence-corrected chi connectivity index (χ1v) is 5.94. The average Bonchev–Trinajstić information content (AvgIpc) is 2.78. The number of nitrogens with zero attached hydrogens (tertiary/aromatic N) is 3. The van der Waals surface area contributed by atoms with Gasteiger partial charge in [0.2, 0.25) is 9.47 Å². The Bertz CT molecular complexity index is 659. The zero-order valence-electron chi connectivity index (χ0n) is 9.03. The first-order valence-electron chi connectivity index (χ1n) is 4.75. The van der Waals surface area contributed by atoms with Gasteiger partial charge in [0.15, 0.2) is 0 Å². The molecule has 2 N–H and O–H groups in total. The maximum atomic E-state index is 11.7. The van der Waals surface area contributed by atoms with Crippen LogP contribution < -0.4 is 5.32 Å². The van der Waals surface area contributed by atoms with Gasteiger partial charge in [0, 0.05) is 0 Å². The van der Waals surface area contributed by atoms with Crippen LogP contribution in [0.15, 0.2) is 18.2 Å². The molecular formula is C9H5ClN4O4S. The van der Waals surface area contributed by atoms with E-state index in [1.54, 1.807) is 0 Å². The van der Waals surface area contributed by atoms with E-state index in [1.165, 1.54) is 12.1 Å². The van der Waals surface area contributed by atoms with E-state index in [2.05, 4.69) is 15.5 Å². The quantitative estimate of drug-likeness (QED) is 0.509. The van der Waals surface area contributed by atoms with E-state index in [4.69, 9.17) is 11.6 Å². The molecule has 0 aliphatic carbocycles. The Hall–Kier alpha value is -2.26. The van der Waals surface area contributed by atoms with Crippen LogP contribution in [0.1, 0.15) is 9.80 Å². The Balaban J connectivity index is 2.28. The minimum absolute atomic E-state index is 0.0210. The van der Waals surface area contributed by atoms with Crippen LogP contribution >= 0.6 is 22.9 Å². The van der Waals surface area contributed by atoms with Gasteiger partial charge in [-0.25, -0.2) is 0 Å². The third kappa shape index (κ3) is 2.95. The Kier molecular flexibility index (Phi) is 3.58. The number of halogens is 1. The summed E-state index contributed by atoms with van der Waals surface area (Å²) in [7, 11) is 0. The summed E-state index contributed by atoms with van der Waals surface area (Å²) >= 11 is 6.38. The Morgan fingerprint density at radius 1 is 1.47 bits per heavy atom. The lowest BCUT2D eigenvalue weighted by atomic mass is 10.2. The number of benzene rings is 1. The number of aromatic nitrogens is 2. The van der Waals surface area contributed by atoms with E-state index in [0.717, 1.165) is 17.4 Å². The summed E-state index contributed by atoms with van der Waals surface area (Å²) in [5.74, 6) is -0.943. The standard InChI is InChI=1S/C9H5ClN4O4S/c10-9-13-12-8(19-9)7(16)11-5-2-1-4(15)3-6(5)14(17)18/h1-3,15H,(H,11,16). The second-order valence-corrected chi connectivity index (χ2v) is 4.83. The number of rotatable bonds is 3. The topological polar surface area (TPSA) is 118 Å². The number of nitrogens with one attached hydrogen (secondary N) is 1. The highest BCUT2D eigenvalue weighted by atomic mass is 35.5. The van der Waals surface area contributed by atoms with Gasteiger partial charge < -0.3 is 10.4 Å². The molecule has 0 saturated heterocycles. The predicted octanol–water partition coefficient (Wildman–Crippen LogP) is 2.06. The molecule has 0 atom stereocenters. The number of carbonyl (C=O) groups is 1. The van der Waals surface area contributed by atoms with Crippen molar-refractivity contribution in [3.8, 4) is 5.75 Å². The molecule has 2 aromatic rings. The van der Waals surface area contributed by atoms with Crippen LogP contribution in [0.25, 0.3) is 0 Å². The number of hydrogen-bond acceptors (Lipinski definition) is 7. The number of anilines is 1. The highest BCUT2D eigenvalue weighted by Gasteiger charge is 2.19. The van der Waals surface area contributed by atoms with Crippen LogP contribution in [0.5, 0.6) is 5.75 Å². The van der Waals surface area contributed by atoms with Gasteiger partial charge in [0.1, 0.15) is 11.4 Å². The van der Waals surface area contributed by atoms with Crippen molar-refractivity contribution in [1.29, 1.82) is 0 Å². The summed E-state index contributed by atoms with van der Waals surface area (Å²) in [5.41, 5.74) is -0.483. The average molecular weight is 301 g/mol. The molecule has 0 aliphatic heterocycles. The molecule has 8 nitrogen and oxygen atoms in total. The molecule has 0 fully saturated rings. The Labute approximate surface area is 114 Å². The number of phenolic OH excluding ortho intramolecular Hbond substituents is 1. The second-order valence-electron chi connectivity index (χ2n) is 3.27. The van der Waals surface area contributed by atoms with Crippen molar-refractivity contribution >= 4 is 40.2 Å². The predicted molar refractivity (Wildman–Crippen MR) is 67.6 cm³/mol. The first-order chi connectivity index (χ1) is 8.97. The van der Waals surface area contributed by atoms with Crippen LogP contribution in [-0.2, 0) is 0 Å². The van der Waals surface area contributed by atoms with Gasteiger partial charge in [-0.2, -0.15) is 0 Å². The molecule has 0 radical (unpaired) electrons. The van der Waals surface area contributed by atoms with E-state index >= 15 is 0 Å². The van der Waals surface area contributed by atoms with Gasteiger partial charge in [0.25, 0.3) is 11.6 Å². The minimum Gasteiger partial charge on any atom is -0.508 e. The SMILES string of the molecule is O=C(Nc1ccc(O)cc1[N+](=O)[O-])c1nnc(Cl)s1. The molecule has 0 saturated carbocycles. The lowest BCUT2D eigenvalue weighted by Crippen LogP contribution is -2.12. The molecule has 1 aromatic carbocycles. The number of phenols is 1. The fourth-order valence-electron chi connectivity index (χ4n) is 1.25. The lowest BCUT2D eigenvalue weighted by Gasteiger charge is -2.04. The van der Waals surface area contributed by atoms with Gasteiger partial charge in [-0.3, -0.25) is 14.9 Å². The lowest BCUT2D eigenvalue weighted by molar-refractivity contribution is -0.384. The molecule has 1 aromatic heterocycles. The van der Waals surface area contributed by atoms with Gasteiger partial charge in [-0.05, 0) is 23.7 Å². The number of aromatic hydroxyl groups is 1. The van der Waals surface area contributed by atoms with Crippen LogP contribution in [0.2, 0.25) is 4.47 Å². The number of hydrogen-bond donors (Lipinski definition) is 2. The highest BCUT2D eigenvalue weighted by molar-refractivity contribution is 7.17. The van der Waals surface area contributed by atoms with Crippen LogP contribution in [-0.4, -0.2) is 26.1 Å². The molecular weight excluding hydrogens is 296 g/mol. The first kappa shape index (κ1) is 13.2. The normalized spacial score (nSPS) is 10.2. The van der Waals surface area contributed by atoms with Crippen molar-refractivity contribution in [1.82, 2.24) is 10.2 Å². The Morgan fingerprint density at radius 2 is 2.21 bits per heavy atom. The van der Waals surface area contributed by atoms with E-state index < -0.39 is 16.5 Å². The molecule has 0 spiro atoms. The van der Waals surface area contributed by atoms with Crippen LogP contribution in [0, 0.1) is 10.1 Å². The van der Waals surface area contributed by atoms with Gasteiger partial charge in [-0.1, -0.05) is 11.3 Å². The van der Waals surface area contributed by atoms with Gasteiger partial charge >= 0.3 is 0 Å². The minimum atomic E-state index is -0.720. The summed E-state index contributed by atoms with van der Waals surface area (Å²) < 4.78 is 0.0883. The number of nitro groups is 1. The van der Waals surface area contributed by atoms with E-state index in [0.29, 0.717) is 0 Å². The smallest absolute Gasteiger partial charge is 0.296 e. The maximum Gasteiger partial charge on any atom is 0.296 e. The summed E-state index contributed by atoms with van der Waals surface area (Å²) in [6, 6.07) is 3.37. The molecule has 1 amide bonds. The zero-order chi connectivity index (χ0) is 14.0. The largest absolute Gasteiger partial charge is 0.508 e. The van der Waals surface area contributed by atoms with Crippen LogP contribution in [0.4, 0.5) is 11.4 Å². The third-order valence-electron chi connectivity index (χ3n) is 2.02. The monoisotopic (exact) mass is 300 g/mol. The zero-order valence-corrected chi connectivity index (χ0v) is 10.6. The van der Waals surface area contributed by atoms with Crippen molar-refractivity contribution in [3.05, 3.63) is 37.8 Å². The van der Waals surface area contributed by atoms with Crippen molar-refractivity contribution < 1.29 is 14.8 Å². The summed E-state index contributed by atoms with van der Waals surface area (Å²) in [5, 5.41) is 29.2. The molecule has 1 heterocycles. The van der Waals surface area contributed by atoms with E-state index in [-0.39, 0.29) is 20.9 Å². The number of amides is 1. The molecule has 19 heavy (non-hydrogen) atoms. The number of carbonyl (C=O) groups excluding carboxylic acids is 1. The maximum absolute atomic E-state index is 11.7. The van der Waals surface area contributed by atoms with Crippen molar-refractivity contribution in [2.24, 2.45) is 0 Å². The molecule has 2 rings (SSSR count). The van der Waals surface area contributed by atoms with Crippen molar-refractivity contribution in [2.45, 2.75) is 0 Å². The second kappa shape index (κ2) is 5.16. The summed E-state index contributed by atoms with van der Waals surface area (Å²) in [6.07, 6.45) is 0. The molecule has 0 unspecified atom stereocenters. The third-order valence-corrected chi connectivity index (χ3v) is 3.04. The summed E-state index contributed by atoms with van der Waals surface area (Å²) in [4.78, 5) is 21.8. The molecule has 98 valence electrons. The van der Waals surface area contributed by atoms with Gasteiger partial charge in [0.05, 0.1) is 11.0 Å². The molecule has 10 heteroatoms. The molecule has 0 bridgehead atoms.